The van der Waals surface area contributed by atoms with Crippen LogP contribution in [0.4, 0.5) is 11.5 Å². The Bertz CT molecular complexity index is 638. The number of amides is 1. The highest BCUT2D eigenvalue weighted by Crippen LogP contribution is 2.27. The number of anilines is 2. The number of nitrogens with zero attached hydrogens (tertiary/aromatic N) is 2. The summed E-state index contributed by atoms with van der Waals surface area (Å²) in [5.74, 6) is 0.240. The molecule has 2 rings (SSSR count). The Morgan fingerprint density at radius 2 is 2.05 bits per heavy atom. The molecule has 1 aromatic heterocycles. The molecule has 0 aliphatic carbocycles. The molecule has 104 valence electrons. The second kappa shape index (κ2) is 5.69. The molecule has 0 saturated carbocycles. The van der Waals surface area contributed by atoms with Crippen LogP contribution in [0.5, 0.6) is 0 Å². The topological polar surface area (TPSA) is 80.9 Å². The second-order valence-corrected chi connectivity index (χ2v) is 4.98. The van der Waals surface area contributed by atoms with Gasteiger partial charge >= 0.3 is 0 Å². The molecule has 0 radical (unpaired) electrons. The third-order valence-electron chi connectivity index (χ3n) is 3.05. The molecule has 3 N–H and O–H groups in total. The Morgan fingerprint density at radius 1 is 1.30 bits per heavy atom. The van der Waals surface area contributed by atoms with E-state index in [2.05, 4.69) is 29.1 Å². The molecular formula is C15H18N4O. The summed E-state index contributed by atoms with van der Waals surface area (Å²) in [6.07, 6.45) is 2.81. The van der Waals surface area contributed by atoms with Gasteiger partial charge in [-0.05, 0) is 24.0 Å². The fourth-order valence-electron chi connectivity index (χ4n) is 2.01. The molecule has 0 saturated heterocycles. The molecule has 1 heterocycles. The van der Waals surface area contributed by atoms with Crippen LogP contribution < -0.4 is 11.1 Å². The Labute approximate surface area is 118 Å². The summed E-state index contributed by atoms with van der Waals surface area (Å²) in [6, 6.07) is 5.96. The van der Waals surface area contributed by atoms with Crippen molar-refractivity contribution in [3.63, 3.8) is 0 Å². The minimum absolute atomic E-state index is 0.211. The molecular weight excluding hydrogens is 252 g/mol. The first-order valence-corrected chi connectivity index (χ1v) is 6.47. The first-order chi connectivity index (χ1) is 9.49. The van der Waals surface area contributed by atoms with Crippen LogP contribution in [-0.4, -0.2) is 15.9 Å². The van der Waals surface area contributed by atoms with E-state index in [-0.39, 0.29) is 17.4 Å². The van der Waals surface area contributed by atoms with Crippen molar-refractivity contribution in [2.75, 3.05) is 11.1 Å². The molecule has 0 bridgehead atoms. The van der Waals surface area contributed by atoms with Crippen LogP contribution in [0.1, 0.15) is 41.4 Å². The normalized spacial score (nSPS) is 10.6. The van der Waals surface area contributed by atoms with Crippen LogP contribution in [0.2, 0.25) is 0 Å². The van der Waals surface area contributed by atoms with Crippen LogP contribution in [-0.2, 0) is 0 Å². The smallest absolute Gasteiger partial charge is 0.275 e. The number of carbonyl (C=O) groups is 1. The van der Waals surface area contributed by atoms with Gasteiger partial charge in [-0.25, -0.2) is 4.98 Å². The Hall–Kier alpha value is -2.43. The predicted molar refractivity (Wildman–Crippen MR) is 79.7 cm³/mol. The number of carbonyl (C=O) groups excluding carboxylic acids is 1. The predicted octanol–water partition coefficient (Wildman–Crippen LogP) is 2.74. The van der Waals surface area contributed by atoms with Crippen molar-refractivity contribution in [2.45, 2.75) is 26.7 Å². The maximum Gasteiger partial charge on any atom is 0.275 e. The van der Waals surface area contributed by atoms with Gasteiger partial charge in [0.1, 0.15) is 11.5 Å². The van der Waals surface area contributed by atoms with Gasteiger partial charge in [0.15, 0.2) is 0 Å². The largest absolute Gasteiger partial charge is 0.382 e. The van der Waals surface area contributed by atoms with Crippen molar-refractivity contribution in [1.82, 2.24) is 9.97 Å². The number of rotatable bonds is 3. The lowest BCUT2D eigenvalue weighted by Gasteiger charge is -2.16. The van der Waals surface area contributed by atoms with Gasteiger partial charge in [0.2, 0.25) is 0 Å². The fourth-order valence-corrected chi connectivity index (χ4v) is 2.01. The Kier molecular flexibility index (Phi) is 3.98. The molecule has 0 aliphatic heterocycles. The number of nitrogens with one attached hydrogen (secondary N) is 1. The Balaban J connectivity index is 2.33. The summed E-state index contributed by atoms with van der Waals surface area (Å²) in [7, 11) is 0. The van der Waals surface area contributed by atoms with Gasteiger partial charge in [-0.2, -0.15) is 0 Å². The van der Waals surface area contributed by atoms with Crippen LogP contribution >= 0.6 is 0 Å². The fraction of sp³-hybridized carbons (Fsp3) is 0.267. The monoisotopic (exact) mass is 270 g/mol. The zero-order valence-electron chi connectivity index (χ0n) is 11.8. The van der Waals surface area contributed by atoms with E-state index >= 15 is 0 Å². The highest BCUT2D eigenvalue weighted by Gasteiger charge is 2.14. The molecule has 5 heteroatoms. The summed E-state index contributed by atoms with van der Waals surface area (Å²) in [6.45, 7) is 6.14. The van der Waals surface area contributed by atoms with Crippen LogP contribution in [0, 0.1) is 6.92 Å². The number of hydrogen-bond donors (Lipinski definition) is 2. The SMILES string of the molecule is Cc1cccc(C(C)C)c1NC(=O)c1cncc(N)n1. The van der Waals surface area contributed by atoms with Crippen molar-refractivity contribution in [3.05, 3.63) is 47.4 Å². The van der Waals surface area contributed by atoms with E-state index in [1.165, 1.54) is 12.4 Å². The molecule has 0 atom stereocenters. The summed E-state index contributed by atoms with van der Waals surface area (Å²) < 4.78 is 0. The second-order valence-electron chi connectivity index (χ2n) is 4.98. The van der Waals surface area contributed by atoms with Crippen molar-refractivity contribution in [2.24, 2.45) is 0 Å². The maximum atomic E-state index is 12.2. The number of benzene rings is 1. The van der Waals surface area contributed by atoms with Crippen LogP contribution in [0.25, 0.3) is 0 Å². The zero-order valence-corrected chi connectivity index (χ0v) is 11.8. The van der Waals surface area contributed by atoms with E-state index in [0.717, 1.165) is 16.8 Å². The summed E-state index contributed by atoms with van der Waals surface area (Å²) >= 11 is 0. The Morgan fingerprint density at radius 3 is 2.70 bits per heavy atom. The standard InChI is InChI=1S/C15H18N4O/c1-9(2)11-6-4-5-10(3)14(11)19-15(20)12-7-17-8-13(16)18-12/h4-9H,1-3H3,(H2,16,18)(H,19,20). The maximum absolute atomic E-state index is 12.2. The quantitative estimate of drug-likeness (QED) is 0.898. The summed E-state index contributed by atoms with van der Waals surface area (Å²) in [5.41, 5.74) is 8.69. The lowest BCUT2D eigenvalue weighted by Crippen LogP contribution is -2.17. The van der Waals surface area contributed by atoms with E-state index in [9.17, 15) is 4.79 Å². The first-order valence-electron chi connectivity index (χ1n) is 6.47. The van der Waals surface area contributed by atoms with Crippen LogP contribution in [0.3, 0.4) is 0 Å². The molecule has 1 aromatic carbocycles. The van der Waals surface area contributed by atoms with Gasteiger partial charge in [-0.1, -0.05) is 32.0 Å². The van der Waals surface area contributed by atoms with Crippen molar-refractivity contribution >= 4 is 17.4 Å². The average Bonchev–Trinajstić information content (AvgIpc) is 2.40. The molecule has 0 fully saturated rings. The summed E-state index contributed by atoms with van der Waals surface area (Å²) in [5, 5.41) is 2.91. The van der Waals surface area contributed by atoms with E-state index in [4.69, 9.17) is 5.73 Å². The third kappa shape index (κ3) is 2.93. The number of hydrogen-bond acceptors (Lipinski definition) is 4. The van der Waals surface area contributed by atoms with E-state index in [1.807, 2.05) is 25.1 Å². The van der Waals surface area contributed by atoms with Gasteiger partial charge < -0.3 is 11.1 Å². The average molecular weight is 270 g/mol. The number of nitrogens with two attached hydrogens (primary N) is 1. The van der Waals surface area contributed by atoms with Gasteiger partial charge in [-0.3, -0.25) is 9.78 Å². The highest BCUT2D eigenvalue weighted by atomic mass is 16.1. The number of aromatic nitrogens is 2. The molecule has 0 spiro atoms. The summed E-state index contributed by atoms with van der Waals surface area (Å²) in [4.78, 5) is 20.1. The number of nitrogen functional groups attached to an aromatic ring is 1. The van der Waals surface area contributed by atoms with Gasteiger partial charge in [0.05, 0.1) is 12.4 Å². The van der Waals surface area contributed by atoms with E-state index < -0.39 is 0 Å². The molecule has 2 aromatic rings. The molecule has 1 amide bonds. The van der Waals surface area contributed by atoms with Gasteiger partial charge in [0.25, 0.3) is 5.91 Å². The van der Waals surface area contributed by atoms with Crippen molar-refractivity contribution in [1.29, 1.82) is 0 Å². The lowest BCUT2D eigenvalue weighted by molar-refractivity contribution is 0.102. The third-order valence-corrected chi connectivity index (χ3v) is 3.05. The van der Waals surface area contributed by atoms with Gasteiger partial charge in [-0.15, -0.1) is 0 Å². The molecule has 0 aliphatic rings. The van der Waals surface area contributed by atoms with Crippen molar-refractivity contribution < 1.29 is 4.79 Å². The van der Waals surface area contributed by atoms with Crippen LogP contribution in [0.15, 0.2) is 30.6 Å². The number of aryl methyl sites for hydroxylation is 1. The van der Waals surface area contributed by atoms with E-state index in [1.54, 1.807) is 0 Å². The lowest BCUT2D eigenvalue weighted by atomic mass is 9.98. The van der Waals surface area contributed by atoms with Crippen molar-refractivity contribution in [3.8, 4) is 0 Å². The van der Waals surface area contributed by atoms with Gasteiger partial charge in [0, 0.05) is 5.69 Å². The first kappa shape index (κ1) is 14.0. The number of para-hydroxylation sites is 1. The minimum Gasteiger partial charge on any atom is -0.382 e. The zero-order chi connectivity index (χ0) is 14.7. The highest BCUT2D eigenvalue weighted by molar-refractivity contribution is 6.03. The molecule has 5 nitrogen and oxygen atoms in total. The van der Waals surface area contributed by atoms with E-state index in [0.29, 0.717) is 5.92 Å². The molecule has 0 unspecified atom stereocenters. The minimum atomic E-state index is -0.305. The molecule has 20 heavy (non-hydrogen) atoms.